The highest BCUT2D eigenvalue weighted by Gasteiger charge is 2.11. The predicted molar refractivity (Wildman–Crippen MR) is 46.7 cm³/mol. The molecule has 0 amide bonds. The fraction of sp³-hybridized carbons (Fsp3) is 0.143. The van der Waals surface area contributed by atoms with Crippen LogP contribution >= 0.6 is 16.1 Å². The van der Waals surface area contributed by atoms with Crippen LogP contribution < -0.4 is 5.56 Å². The van der Waals surface area contributed by atoms with E-state index >= 15 is 0 Å². The number of aryl methyl sites for hydroxylation is 1. The second kappa shape index (κ2) is 3.10. The van der Waals surface area contributed by atoms with Crippen molar-refractivity contribution in [3.8, 4) is 0 Å². The number of hydrogen-bond acceptors (Lipinski definition) is 2. The third-order valence-electron chi connectivity index (χ3n) is 1.44. The van der Waals surface area contributed by atoms with Gasteiger partial charge in [0.1, 0.15) is 5.69 Å². The molecule has 0 aromatic carbocycles. The minimum absolute atomic E-state index is 0.0394. The van der Waals surface area contributed by atoms with Gasteiger partial charge in [0.2, 0.25) is 0 Å². The van der Waals surface area contributed by atoms with Crippen LogP contribution in [-0.4, -0.2) is 14.7 Å². The van der Waals surface area contributed by atoms with E-state index in [0.717, 1.165) is 3.59 Å². The summed E-state index contributed by atoms with van der Waals surface area (Å²) >= 11 is 2.85. The number of carboxylic acids is 1. The molecular formula is C7H6BrNO3. The third kappa shape index (κ3) is 1.40. The molecule has 1 N–H and O–H groups in total. The van der Waals surface area contributed by atoms with Crippen LogP contribution in [0, 0.1) is 6.92 Å². The Morgan fingerprint density at radius 2 is 2.17 bits per heavy atom. The minimum Gasteiger partial charge on any atom is -0.477 e. The lowest BCUT2D eigenvalue weighted by atomic mass is 10.2. The summed E-state index contributed by atoms with van der Waals surface area (Å²) in [5.74, 6) is -1.12. The quantitative estimate of drug-likeness (QED) is 0.786. The lowest BCUT2D eigenvalue weighted by molar-refractivity contribution is 0.0688. The molecule has 0 spiro atoms. The number of pyridine rings is 1. The molecule has 0 atom stereocenters. The molecule has 1 aromatic rings. The Morgan fingerprint density at radius 3 is 2.58 bits per heavy atom. The first-order chi connectivity index (χ1) is 5.54. The van der Waals surface area contributed by atoms with Gasteiger partial charge in [-0.05, 0) is 12.5 Å². The SMILES string of the molecule is Cc1ccc(=O)n(Br)c1C(=O)O. The summed E-state index contributed by atoms with van der Waals surface area (Å²) in [6.45, 7) is 1.63. The maximum Gasteiger partial charge on any atom is 0.353 e. The van der Waals surface area contributed by atoms with Gasteiger partial charge in [-0.1, -0.05) is 6.07 Å². The molecule has 0 unspecified atom stereocenters. The topological polar surface area (TPSA) is 59.3 Å². The van der Waals surface area contributed by atoms with Crippen molar-refractivity contribution < 1.29 is 9.90 Å². The second-order valence-corrected chi connectivity index (χ2v) is 3.00. The van der Waals surface area contributed by atoms with Crippen molar-refractivity contribution >= 4 is 22.1 Å². The minimum atomic E-state index is -1.12. The summed E-state index contributed by atoms with van der Waals surface area (Å²) in [5.41, 5.74) is 0.111. The van der Waals surface area contributed by atoms with Crippen LogP contribution in [0.4, 0.5) is 0 Å². The molecule has 0 bridgehead atoms. The van der Waals surface area contributed by atoms with Crippen molar-refractivity contribution in [3.63, 3.8) is 0 Å². The monoisotopic (exact) mass is 231 g/mol. The van der Waals surface area contributed by atoms with E-state index in [1.165, 1.54) is 12.1 Å². The van der Waals surface area contributed by atoms with Crippen molar-refractivity contribution in [1.29, 1.82) is 0 Å². The van der Waals surface area contributed by atoms with Gasteiger partial charge < -0.3 is 5.11 Å². The summed E-state index contributed by atoms with van der Waals surface area (Å²) in [4.78, 5) is 21.6. The Balaban J connectivity index is 3.54. The Hall–Kier alpha value is -1.10. The van der Waals surface area contributed by atoms with Gasteiger partial charge in [-0.2, -0.15) is 0 Å². The van der Waals surface area contributed by atoms with Gasteiger partial charge in [0, 0.05) is 6.07 Å². The first-order valence-electron chi connectivity index (χ1n) is 3.16. The van der Waals surface area contributed by atoms with Crippen molar-refractivity contribution in [1.82, 2.24) is 3.59 Å². The van der Waals surface area contributed by atoms with Crippen LogP contribution in [0.1, 0.15) is 16.1 Å². The van der Waals surface area contributed by atoms with Gasteiger partial charge in [0.15, 0.2) is 0 Å². The summed E-state index contributed by atoms with van der Waals surface area (Å²) in [7, 11) is 0. The molecule has 1 heterocycles. The summed E-state index contributed by atoms with van der Waals surface area (Å²) in [6.07, 6.45) is 0. The van der Waals surface area contributed by atoms with E-state index in [9.17, 15) is 9.59 Å². The number of rotatable bonds is 1. The van der Waals surface area contributed by atoms with Gasteiger partial charge in [-0.25, -0.2) is 8.39 Å². The van der Waals surface area contributed by atoms with E-state index in [1.54, 1.807) is 6.92 Å². The lowest BCUT2D eigenvalue weighted by Crippen LogP contribution is -2.19. The van der Waals surface area contributed by atoms with E-state index in [0.29, 0.717) is 5.56 Å². The van der Waals surface area contributed by atoms with E-state index in [-0.39, 0.29) is 5.69 Å². The van der Waals surface area contributed by atoms with Gasteiger partial charge >= 0.3 is 5.97 Å². The number of hydrogen-bond donors (Lipinski definition) is 1. The Bertz CT molecular complexity index is 383. The summed E-state index contributed by atoms with van der Waals surface area (Å²) in [5, 5.41) is 8.68. The highest BCUT2D eigenvalue weighted by Crippen LogP contribution is 2.06. The predicted octanol–water partition coefficient (Wildman–Crippen LogP) is 1.01. The van der Waals surface area contributed by atoms with Crippen LogP contribution in [0.15, 0.2) is 16.9 Å². The Kier molecular flexibility index (Phi) is 2.32. The normalized spacial score (nSPS) is 9.83. The molecule has 0 radical (unpaired) electrons. The fourth-order valence-electron chi connectivity index (χ4n) is 0.858. The number of nitrogens with zero attached hydrogens (tertiary/aromatic N) is 1. The zero-order valence-electron chi connectivity index (χ0n) is 6.24. The average Bonchev–Trinajstić information content (AvgIpc) is 1.97. The zero-order chi connectivity index (χ0) is 9.30. The van der Waals surface area contributed by atoms with Crippen molar-refractivity contribution in [3.05, 3.63) is 33.7 Å². The fourth-order valence-corrected chi connectivity index (χ4v) is 1.41. The molecule has 0 saturated carbocycles. The maximum atomic E-state index is 10.9. The smallest absolute Gasteiger partial charge is 0.353 e. The molecule has 5 heteroatoms. The van der Waals surface area contributed by atoms with E-state index in [2.05, 4.69) is 16.1 Å². The van der Waals surface area contributed by atoms with Crippen LogP contribution in [0.3, 0.4) is 0 Å². The number of carbonyl (C=O) groups is 1. The standard InChI is InChI=1S/C7H6BrNO3/c1-4-2-3-5(10)9(8)6(4)7(11)12/h2-3H,1H3,(H,11,12). The first kappa shape index (κ1) is 8.99. The number of aromatic carboxylic acids is 1. The molecule has 0 aliphatic rings. The highest BCUT2D eigenvalue weighted by atomic mass is 79.9. The molecule has 12 heavy (non-hydrogen) atoms. The van der Waals surface area contributed by atoms with Crippen LogP contribution in [0.2, 0.25) is 0 Å². The van der Waals surface area contributed by atoms with Crippen LogP contribution in [0.25, 0.3) is 0 Å². The van der Waals surface area contributed by atoms with Crippen LogP contribution in [0.5, 0.6) is 0 Å². The maximum absolute atomic E-state index is 10.9. The molecule has 4 nitrogen and oxygen atoms in total. The average molecular weight is 232 g/mol. The second-order valence-electron chi connectivity index (χ2n) is 2.29. The largest absolute Gasteiger partial charge is 0.477 e. The first-order valence-corrected chi connectivity index (χ1v) is 3.87. The van der Waals surface area contributed by atoms with Crippen molar-refractivity contribution in [2.45, 2.75) is 6.92 Å². The molecule has 0 fully saturated rings. The van der Waals surface area contributed by atoms with Gasteiger partial charge in [-0.3, -0.25) is 4.79 Å². The molecule has 1 rings (SSSR count). The van der Waals surface area contributed by atoms with Crippen molar-refractivity contribution in [2.75, 3.05) is 0 Å². The molecule has 1 aromatic heterocycles. The number of aromatic nitrogens is 1. The third-order valence-corrected chi connectivity index (χ3v) is 2.15. The van der Waals surface area contributed by atoms with Crippen LogP contribution in [-0.2, 0) is 0 Å². The van der Waals surface area contributed by atoms with E-state index < -0.39 is 11.5 Å². The molecule has 0 saturated heterocycles. The molecule has 64 valence electrons. The molecule has 0 aliphatic carbocycles. The Morgan fingerprint density at radius 1 is 1.58 bits per heavy atom. The molecular weight excluding hydrogens is 226 g/mol. The Labute approximate surface area is 76.8 Å². The van der Waals surface area contributed by atoms with Gasteiger partial charge in [0.25, 0.3) is 5.56 Å². The lowest BCUT2D eigenvalue weighted by Gasteiger charge is -2.02. The highest BCUT2D eigenvalue weighted by molar-refractivity contribution is 9.08. The summed E-state index contributed by atoms with van der Waals surface area (Å²) in [6, 6.07) is 2.78. The summed E-state index contributed by atoms with van der Waals surface area (Å²) < 4.78 is 0.935. The zero-order valence-corrected chi connectivity index (χ0v) is 7.83. The van der Waals surface area contributed by atoms with E-state index in [1.807, 2.05) is 0 Å². The van der Waals surface area contributed by atoms with Gasteiger partial charge in [0.05, 0.1) is 16.1 Å². The van der Waals surface area contributed by atoms with E-state index in [4.69, 9.17) is 5.11 Å². The number of halogens is 1. The van der Waals surface area contributed by atoms with Gasteiger partial charge in [-0.15, -0.1) is 0 Å². The molecule has 0 aliphatic heterocycles. The van der Waals surface area contributed by atoms with Crippen molar-refractivity contribution in [2.24, 2.45) is 0 Å². The number of carboxylic acid groups (broad SMARTS) is 1.